The molecule has 0 radical (unpaired) electrons. The number of rotatable bonds is 6. The summed E-state index contributed by atoms with van der Waals surface area (Å²) in [4.78, 5) is 11.5. The number of imidazole rings is 1. The van der Waals surface area contributed by atoms with Crippen molar-refractivity contribution < 1.29 is 0 Å². The number of hydrogen-bond donors (Lipinski definition) is 2. The Balaban J connectivity index is 1.65. The van der Waals surface area contributed by atoms with E-state index in [0.29, 0.717) is 5.92 Å². The van der Waals surface area contributed by atoms with Gasteiger partial charge in [-0.25, -0.2) is 9.97 Å². The first-order valence-corrected chi connectivity index (χ1v) is 7.74. The fraction of sp³-hybridized carbons (Fsp3) is 0.600. The topological polar surface area (TPSA) is 57.5 Å². The highest BCUT2D eigenvalue weighted by Crippen LogP contribution is 2.17. The molecule has 0 bridgehead atoms. The molecule has 1 aliphatic rings. The van der Waals surface area contributed by atoms with Gasteiger partial charge in [0.2, 0.25) is 0 Å². The first-order valence-electron chi connectivity index (χ1n) is 7.74. The largest absolute Gasteiger partial charge is 0.372 e. The van der Waals surface area contributed by atoms with Gasteiger partial charge >= 0.3 is 0 Å². The molecule has 0 amide bonds. The zero-order valence-corrected chi connectivity index (χ0v) is 12.8. The maximum Gasteiger partial charge on any atom is 0.180 e. The van der Waals surface area contributed by atoms with Crippen LogP contribution in [0.1, 0.15) is 19.8 Å². The highest BCUT2D eigenvalue weighted by Gasteiger charge is 2.15. The highest BCUT2D eigenvalue weighted by molar-refractivity contribution is 5.65. The van der Waals surface area contributed by atoms with Crippen LogP contribution in [0.4, 0.5) is 11.6 Å². The quantitative estimate of drug-likeness (QED) is 0.850. The van der Waals surface area contributed by atoms with Crippen LogP contribution in [0.3, 0.4) is 0 Å². The molecule has 1 atom stereocenters. The van der Waals surface area contributed by atoms with Crippen LogP contribution in [-0.4, -0.2) is 52.5 Å². The van der Waals surface area contributed by atoms with Gasteiger partial charge in [-0.1, -0.05) is 6.92 Å². The van der Waals surface area contributed by atoms with Gasteiger partial charge in [0.15, 0.2) is 11.5 Å². The van der Waals surface area contributed by atoms with Crippen LogP contribution >= 0.6 is 0 Å². The molecular weight excluding hydrogens is 264 g/mol. The van der Waals surface area contributed by atoms with Gasteiger partial charge in [-0.05, 0) is 31.8 Å². The normalized spacial score (nSPS) is 17.2. The monoisotopic (exact) mass is 288 g/mol. The van der Waals surface area contributed by atoms with E-state index in [1.807, 2.05) is 23.8 Å². The maximum absolute atomic E-state index is 4.58. The third-order valence-electron chi connectivity index (χ3n) is 4.02. The number of aromatic nitrogens is 3. The zero-order valence-electron chi connectivity index (χ0n) is 12.8. The molecule has 0 aliphatic carbocycles. The second-order valence-corrected chi connectivity index (χ2v) is 5.88. The number of hydrogen-bond acceptors (Lipinski definition) is 5. The summed E-state index contributed by atoms with van der Waals surface area (Å²) in [5.74, 6) is 2.29. The van der Waals surface area contributed by atoms with Crippen molar-refractivity contribution in [1.82, 2.24) is 19.3 Å². The lowest BCUT2D eigenvalue weighted by atomic mass is 10.1. The second kappa shape index (κ2) is 6.30. The fourth-order valence-corrected chi connectivity index (χ4v) is 2.91. The molecule has 0 saturated carbocycles. The molecule has 114 valence electrons. The lowest BCUT2D eigenvalue weighted by Gasteiger charge is -2.20. The van der Waals surface area contributed by atoms with E-state index in [0.717, 1.165) is 30.4 Å². The average Bonchev–Trinajstić information content (AvgIpc) is 3.15. The first kappa shape index (κ1) is 14.1. The number of fused-ring (bicyclic) bond motifs is 1. The van der Waals surface area contributed by atoms with Crippen LogP contribution in [0.2, 0.25) is 0 Å². The molecule has 1 fully saturated rings. The van der Waals surface area contributed by atoms with Crippen molar-refractivity contribution in [2.45, 2.75) is 19.8 Å². The summed E-state index contributed by atoms with van der Waals surface area (Å²) in [7, 11) is 1.88. The maximum atomic E-state index is 4.58. The van der Waals surface area contributed by atoms with Gasteiger partial charge in [-0.2, -0.15) is 0 Å². The third-order valence-corrected chi connectivity index (χ3v) is 4.02. The van der Waals surface area contributed by atoms with E-state index in [9.17, 15) is 0 Å². The van der Waals surface area contributed by atoms with Gasteiger partial charge in [0, 0.05) is 32.5 Å². The molecule has 6 nitrogen and oxygen atoms in total. The van der Waals surface area contributed by atoms with Gasteiger partial charge in [0.05, 0.1) is 6.20 Å². The van der Waals surface area contributed by atoms with Crippen LogP contribution in [0.15, 0.2) is 18.6 Å². The van der Waals surface area contributed by atoms with Crippen molar-refractivity contribution in [3.63, 3.8) is 0 Å². The Labute approximate surface area is 125 Å². The van der Waals surface area contributed by atoms with Gasteiger partial charge in [-0.15, -0.1) is 0 Å². The molecule has 1 saturated heterocycles. The highest BCUT2D eigenvalue weighted by atomic mass is 15.2. The van der Waals surface area contributed by atoms with E-state index in [1.54, 1.807) is 6.20 Å². The molecule has 3 heterocycles. The Morgan fingerprint density at radius 2 is 2.14 bits per heavy atom. The Morgan fingerprint density at radius 1 is 1.33 bits per heavy atom. The molecule has 1 unspecified atom stereocenters. The standard InChI is InChI=1S/C15H24N6/c1-12(10-20-6-3-4-7-20)9-18-14-15-17-5-8-21(15)11-13(16-2)19-14/h5,8,11-12,16H,3-4,6-7,9-10H2,1-2H3,(H,18,19). The number of likely N-dealkylation sites (tertiary alicyclic amines) is 1. The summed E-state index contributed by atoms with van der Waals surface area (Å²) >= 11 is 0. The van der Waals surface area contributed by atoms with Crippen molar-refractivity contribution >= 4 is 17.3 Å². The smallest absolute Gasteiger partial charge is 0.180 e. The number of nitrogens with zero attached hydrogens (tertiary/aromatic N) is 4. The number of anilines is 2. The summed E-state index contributed by atoms with van der Waals surface area (Å²) in [5, 5.41) is 6.55. The Hall–Kier alpha value is -1.82. The van der Waals surface area contributed by atoms with Crippen molar-refractivity contribution in [2.75, 3.05) is 43.9 Å². The fourth-order valence-electron chi connectivity index (χ4n) is 2.91. The minimum atomic E-state index is 0.596. The van der Waals surface area contributed by atoms with Crippen molar-refractivity contribution in [1.29, 1.82) is 0 Å². The van der Waals surface area contributed by atoms with Gasteiger partial charge in [0.1, 0.15) is 5.82 Å². The first-order chi connectivity index (χ1) is 10.3. The molecule has 6 heteroatoms. The van der Waals surface area contributed by atoms with Crippen LogP contribution in [0.5, 0.6) is 0 Å². The molecule has 1 aliphatic heterocycles. The molecule has 0 spiro atoms. The van der Waals surface area contributed by atoms with Gasteiger partial charge in [-0.3, -0.25) is 0 Å². The minimum absolute atomic E-state index is 0.596. The van der Waals surface area contributed by atoms with Gasteiger partial charge in [0.25, 0.3) is 0 Å². The van der Waals surface area contributed by atoms with Crippen LogP contribution in [0.25, 0.3) is 5.65 Å². The zero-order chi connectivity index (χ0) is 14.7. The molecule has 0 aromatic carbocycles. The van der Waals surface area contributed by atoms with Crippen LogP contribution < -0.4 is 10.6 Å². The molecule has 2 aromatic rings. The molecular formula is C15H24N6. The number of nitrogens with one attached hydrogen (secondary N) is 2. The van der Waals surface area contributed by atoms with E-state index in [-0.39, 0.29) is 0 Å². The Kier molecular flexibility index (Phi) is 4.24. The SMILES string of the molecule is CNc1cn2ccnc2c(NCC(C)CN2CCCC2)n1. The lowest BCUT2D eigenvalue weighted by Crippen LogP contribution is -2.29. The van der Waals surface area contributed by atoms with E-state index in [2.05, 4.69) is 32.4 Å². The molecule has 3 rings (SSSR count). The summed E-state index contributed by atoms with van der Waals surface area (Å²) < 4.78 is 1.99. The Morgan fingerprint density at radius 3 is 2.90 bits per heavy atom. The van der Waals surface area contributed by atoms with E-state index >= 15 is 0 Å². The molecule has 2 N–H and O–H groups in total. The predicted molar refractivity (Wildman–Crippen MR) is 85.9 cm³/mol. The van der Waals surface area contributed by atoms with Crippen molar-refractivity contribution in [3.05, 3.63) is 18.6 Å². The van der Waals surface area contributed by atoms with E-state index in [1.165, 1.54) is 25.9 Å². The van der Waals surface area contributed by atoms with Crippen LogP contribution in [-0.2, 0) is 0 Å². The summed E-state index contributed by atoms with van der Waals surface area (Å²) in [5.41, 5.74) is 0.877. The Bertz CT molecular complexity index is 587. The predicted octanol–water partition coefficient (Wildman–Crippen LogP) is 1.91. The molecule has 2 aromatic heterocycles. The van der Waals surface area contributed by atoms with E-state index in [4.69, 9.17) is 0 Å². The second-order valence-electron chi connectivity index (χ2n) is 5.88. The van der Waals surface area contributed by atoms with E-state index < -0.39 is 0 Å². The molecule has 21 heavy (non-hydrogen) atoms. The van der Waals surface area contributed by atoms with Crippen molar-refractivity contribution in [2.24, 2.45) is 5.92 Å². The third kappa shape index (κ3) is 3.26. The summed E-state index contributed by atoms with van der Waals surface area (Å²) in [6.45, 7) is 6.86. The summed E-state index contributed by atoms with van der Waals surface area (Å²) in [6, 6.07) is 0. The average molecular weight is 288 g/mol. The minimum Gasteiger partial charge on any atom is -0.372 e. The van der Waals surface area contributed by atoms with Crippen LogP contribution in [0, 0.1) is 5.92 Å². The summed E-state index contributed by atoms with van der Waals surface area (Å²) in [6.07, 6.45) is 8.38. The van der Waals surface area contributed by atoms with Crippen molar-refractivity contribution in [3.8, 4) is 0 Å². The van der Waals surface area contributed by atoms with Gasteiger partial charge < -0.3 is 19.9 Å². The lowest BCUT2D eigenvalue weighted by molar-refractivity contribution is 0.294.